The Hall–Kier alpha value is -1.18. The number of aromatic nitrogens is 1. The largest absolute Gasteiger partial charge is 0.293 e. The van der Waals surface area contributed by atoms with Gasteiger partial charge < -0.3 is 0 Å². The van der Waals surface area contributed by atoms with Crippen molar-refractivity contribution in [3.8, 4) is 0 Å². The fourth-order valence-electron chi connectivity index (χ4n) is 2.08. The van der Waals surface area contributed by atoms with E-state index in [4.69, 9.17) is 0 Å². The van der Waals surface area contributed by atoms with Crippen molar-refractivity contribution < 1.29 is 4.79 Å². The second-order valence-electron chi connectivity index (χ2n) is 4.99. The first-order valence-corrected chi connectivity index (χ1v) is 5.87. The Morgan fingerprint density at radius 3 is 2.12 bits per heavy atom. The number of aryl methyl sites for hydroxylation is 1. The van der Waals surface area contributed by atoms with Crippen molar-refractivity contribution in [1.82, 2.24) is 4.98 Å². The number of hydrogen-bond acceptors (Lipinski definition) is 2. The Balaban J connectivity index is 3.45. The predicted molar refractivity (Wildman–Crippen MR) is 67.2 cm³/mol. The van der Waals surface area contributed by atoms with Crippen LogP contribution in [-0.4, -0.2) is 10.8 Å². The average molecular weight is 219 g/mol. The van der Waals surface area contributed by atoms with Crippen molar-refractivity contribution in [2.45, 2.75) is 53.4 Å². The van der Waals surface area contributed by atoms with Gasteiger partial charge in [-0.25, -0.2) is 4.98 Å². The fraction of sp³-hybridized carbons (Fsp3) is 0.571. The summed E-state index contributed by atoms with van der Waals surface area (Å²) in [5, 5.41) is 0. The molecule has 0 saturated heterocycles. The first kappa shape index (κ1) is 12.9. The molecule has 0 fully saturated rings. The minimum absolute atomic E-state index is 0.0420. The van der Waals surface area contributed by atoms with Crippen LogP contribution in [0.5, 0.6) is 0 Å². The van der Waals surface area contributed by atoms with E-state index in [2.05, 4.69) is 39.6 Å². The normalized spacial score (nSPS) is 11.2. The summed E-state index contributed by atoms with van der Waals surface area (Å²) in [5.74, 6) is 0.849. The van der Waals surface area contributed by atoms with Crippen LogP contribution in [0.25, 0.3) is 0 Å². The lowest BCUT2D eigenvalue weighted by Gasteiger charge is -2.18. The van der Waals surface area contributed by atoms with Gasteiger partial charge in [-0.3, -0.25) is 4.79 Å². The first-order valence-electron chi connectivity index (χ1n) is 5.87. The molecule has 1 heterocycles. The Bertz CT molecular complexity index is 405. The van der Waals surface area contributed by atoms with Crippen LogP contribution in [0.15, 0.2) is 6.07 Å². The van der Waals surface area contributed by atoms with Crippen LogP contribution < -0.4 is 0 Å². The fourth-order valence-corrected chi connectivity index (χ4v) is 2.08. The van der Waals surface area contributed by atoms with Crippen LogP contribution in [0.3, 0.4) is 0 Å². The minimum atomic E-state index is 0.0420. The third-order valence-electron chi connectivity index (χ3n) is 2.78. The maximum atomic E-state index is 11.4. The molecule has 2 nitrogen and oxygen atoms in total. The number of rotatable bonds is 3. The van der Waals surface area contributed by atoms with Crippen molar-refractivity contribution in [1.29, 1.82) is 0 Å². The van der Waals surface area contributed by atoms with Gasteiger partial charge in [0.15, 0.2) is 5.78 Å². The molecule has 16 heavy (non-hydrogen) atoms. The van der Waals surface area contributed by atoms with Gasteiger partial charge in [-0.1, -0.05) is 27.7 Å². The molecule has 2 heteroatoms. The molecule has 1 rings (SSSR count). The zero-order chi connectivity index (χ0) is 12.5. The van der Waals surface area contributed by atoms with Gasteiger partial charge in [0.1, 0.15) is 5.69 Å². The van der Waals surface area contributed by atoms with E-state index in [1.807, 2.05) is 6.07 Å². The van der Waals surface area contributed by atoms with Gasteiger partial charge in [0.25, 0.3) is 0 Å². The van der Waals surface area contributed by atoms with Gasteiger partial charge in [0, 0.05) is 12.6 Å². The maximum Gasteiger partial charge on any atom is 0.178 e. The van der Waals surface area contributed by atoms with Gasteiger partial charge in [0.2, 0.25) is 0 Å². The molecule has 0 aromatic carbocycles. The average Bonchev–Trinajstić information content (AvgIpc) is 2.15. The van der Waals surface area contributed by atoms with E-state index >= 15 is 0 Å². The summed E-state index contributed by atoms with van der Waals surface area (Å²) >= 11 is 0. The highest BCUT2D eigenvalue weighted by molar-refractivity contribution is 5.92. The van der Waals surface area contributed by atoms with Crippen LogP contribution in [-0.2, 0) is 0 Å². The van der Waals surface area contributed by atoms with Crippen LogP contribution in [0, 0.1) is 6.92 Å². The lowest BCUT2D eigenvalue weighted by molar-refractivity contribution is 0.101. The smallest absolute Gasteiger partial charge is 0.178 e. The summed E-state index contributed by atoms with van der Waals surface area (Å²) in [7, 11) is 0. The maximum absolute atomic E-state index is 11.4. The van der Waals surface area contributed by atoms with Crippen molar-refractivity contribution >= 4 is 5.78 Å². The topological polar surface area (TPSA) is 30.0 Å². The molecule has 0 atom stereocenters. The van der Waals surface area contributed by atoms with E-state index in [0.717, 1.165) is 5.69 Å². The highest BCUT2D eigenvalue weighted by Crippen LogP contribution is 2.28. The predicted octanol–water partition coefficient (Wildman–Crippen LogP) is 3.84. The Morgan fingerprint density at radius 2 is 1.75 bits per heavy atom. The second-order valence-corrected chi connectivity index (χ2v) is 4.99. The second kappa shape index (κ2) is 4.77. The number of nitrogens with zero attached hydrogens (tertiary/aromatic N) is 1. The third-order valence-corrected chi connectivity index (χ3v) is 2.78. The minimum Gasteiger partial charge on any atom is -0.293 e. The molecular weight excluding hydrogens is 198 g/mol. The van der Waals surface area contributed by atoms with Gasteiger partial charge in [0.05, 0.1) is 0 Å². The molecule has 0 aliphatic rings. The monoisotopic (exact) mass is 219 g/mol. The van der Waals surface area contributed by atoms with E-state index < -0.39 is 0 Å². The summed E-state index contributed by atoms with van der Waals surface area (Å²) in [6.45, 7) is 12.2. The highest BCUT2D eigenvalue weighted by atomic mass is 16.1. The quantitative estimate of drug-likeness (QED) is 0.723. The molecule has 1 aromatic rings. The Labute approximate surface area is 98.1 Å². The molecule has 0 aliphatic heterocycles. The van der Waals surface area contributed by atoms with E-state index in [-0.39, 0.29) is 5.78 Å². The van der Waals surface area contributed by atoms with Crippen molar-refractivity contribution in [3.63, 3.8) is 0 Å². The van der Waals surface area contributed by atoms with Crippen molar-refractivity contribution in [3.05, 3.63) is 28.6 Å². The Kier molecular flexibility index (Phi) is 3.84. The number of ketones is 1. The highest BCUT2D eigenvalue weighted by Gasteiger charge is 2.16. The van der Waals surface area contributed by atoms with Crippen LogP contribution >= 0.6 is 0 Å². The molecule has 0 N–H and O–H groups in total. The van der Waals surface area contributed by atoms with E-state index in [0.29, 0.717) is 17.5 Å². The van der Waals surface area contributed by atoms with Gasteiger partial charge >= 0.3 is 0 Å². The van der Waals surface area contributed by atoms with E-state index in [1.54, 1.807) is 6.92 Å². The summed E-state index contributed by atoms with van der Waals surface area (Å²) in [6, 6.07) is 1.91. The van der Waals surface area contributed by atoms with Crippen molar-refractivity contribution in [2.24, 2.45) is 0 Å². The molecule has 0 unspecified atom stereocenters. The van der Waals surface area contributed by atoms with Crippen LogP contribution in [0.4, 0.5) is 0 Å². The number of carbonyl (C=O) groups excluding carboxylic acids is 1. The molecule has 88 valence electrons. The number of pyridine rings is 1. The van der Waals surface area contributed by atoms with E-state index in [9.17, 15) is 4.79 Å². The molecule has 0 aliphatic carbocycles. The zero-order valence-corrected chi connectivity index (χ0v) is 11.1. The molecule has 0 radical (unpaired) electrons. The molecule has 0 bridgehead atoms. The van der Waals surface area contributed by atoms with Gasteiger partial charge in [-0.2, -0.15) is 0 Å². The lowest BCUT2D eigenvalue weighted by atomic mass is 9.91. The zero-order valence-electron chi connectivity index (χ0n) is 11.1. The summed E-state index contributed by atoms with van der Waals surface area (Å²) < 4.78 is 0. The summed E-state index contributed by atoms with van der Waals surface area (Å²) in [6.07, 6.45) is 0. The molecule has 0 amide bonds. The summed E-state index contributed by atoms with van der Waals surface area (Å²) in [5.41, 5.74) is 4.13. The van der Waals surface area contributed by atoms with E-state index in [1.165, 1.54) is 11.1 Å². The van der Waals surface area contributed by atoms with Crippen LogP contribution in [0.2, 0.25) is 0 Å². The summed E-state index contributed by atoms with van der Waals surface area (Å²) in [4.78, 5) is 15.9. The van der Waals surface area contributed by atoms with Gasteiger partial charge in [-0.05, 0) is 36.0 Å². The molecular formula is C14H21NO. The standard InChI is InChI=1S/C14H21NO/c1-8(2)13-10(5)7-12(11(6)16)15-14(13)9(3)4/h7-9H,1-6H3. The SMILES string of the molecule is CC(=O)c1cc(C)c(C(C)C)c(C(C)C)n1. The molecule has 0 saturated carbocycles. The van der Waals surface area contributed by atoms with Gasteiger partial charge in [-0.15, -0.1) is 0 Å². The van der Waals surface area contributed by atoms with Crippen LogP contribution in [0.1, 0.15) is 73.8 Å². The number of Topliss-reactive ketones (excluding diaryl/α,β-unsaturated/α-hetero) is 1. The first-order chi connectivity index (χ1) is 7.34. The molecule has 0 spiro atoms. The molecule has 1 aromatic heterocycles. The number of hydrogen-bond donors (Lipinski definition) is 0. The lowest BCUT2D eigenvalue weighted by Crippen LogP contribution is -2.09. The number of carbonyl (C=O) groups is 1. The Morgan fingerprint density at radius 1 is 1.19 bits per heavy atom. The third kappa shape index (κ3) is 2.49. The van der Waals surface area contributed by atoms with Crippen molar-refractivity contribution in [2.75, 3.05) is 0 Å².